The van der Waals surface area contributed by atoms with E-state index in [4.69, 9.17) is 22.4 Å². The van der Waals surface area contributed by atoms with Gasteiger partial charge >= 0.3 is 5.97 Å². The lowest BCUT2D eigenvalue weighted by molar-refractivity contribution is -0.136. The summed E-state index contributed by atoms with van der Waals surface area (Å²) < 4.78 is 1.23. The summed E-state index contributed by atoms with van der Waals surface area (Å²) in [6.45, 7) is 0. The number of hydrogen-bond acceptors (Lipinski definition) is 5. The maximum atomic E-state index is 10.5. The summed E-state index contributed by atoms with van der Waals surface area (Å²) in [4.78, 5) is 10.5. The van der Waals surface area contributed by atoms with Crippen LogP contribution < -0.4 is 5.73 Å². The van der Waals surface area contributed by atoms with Crippen molar-refractivity contribution >= 4 is 28.9 Å². The smallest absolute Gasteiger partial charge is 0.311 e. The molecule has 0 unspecified atom stereocenters. The number of carboxylic acids is 1. The molecule has 0 spiro atoms. The molecule has 78 valence electrons. The van der Waals surface area contributed by atoms with E-state index in [2.05, 4.69) is 15.3 Å². The number of nitrogens with zero attached hydrogens (tertiary/aromatic N) is 4. The molecule has 0 saturated carbocycles. The van der Waals surface area contributed by atoms with Crippen LogP contribution in [0.2, 0.25) is 5.15 Å². The highest BCUT2D eigenvalue weighted by molar-refractivity contribution is 6.29. The normalized spacial score (nSPS) is 10.7. The number of aliphatic carboxylic acids is 1. The van der Waals surface area contributed by atoms with Crippen molar-refractivity contribution < 1.29 is 9.90 Å². The van der Waals surface area contributed by atoms with Crippen LogP contribution in [0, 0.1) is 0 Å². The predicted molar refractivity (Wildman–Crippen MR) is 51.5 cm³/mol. The highest BCUT2D eigenvalue weighted by atomic mass is 35.5. The SMILES string of the molecule is Nc1cc(Cl)nn2c(CC(=O)O)nnc12. The second-order valence-electron chi connectivity index (χ2n) is 2.84. The number of carboxylic acid groups (broad SMARTS) is 1. The Hall–Kier alpha value is -1.89. The minimum absolute atomic E-state index is 0.159. The largest absolute Gasteiger partial charge is 0.481 e. The molecule has 2 aromatic heterocycles. The first kappa shape index (κ1) is 9.66. The van der Waals surface area contributed by atoms with E-state index < -0.39 is 5.97 Å². The Morgan fingerprint density at radius 1 is 1.60 bits per heavy atom. The topological polar surface area (TPSA) is 106 Å². The second-order valence-corrected chi connectivity index (χ2v) is 3.23. The molecule has 0 aromatic carbocycles. The number of hydrogen-bond donors (Lipinski definition) is 2. The lowest BCUT2D eigenvalue weighted by Crippen LogP contribution is -2.07. The highest BCUT2D eigenvalue weighted by Gasteiger charge is 2.13. The molecule has 0 fully saturated rings. The molecule has 0 radical (unpaired) electrons. The van der Waals surface area contributed by atoms with Crippen molar-refractivity contribution in [2.75, 3.05) is 5.73 Å². The molecule has 15 heavy (non-hydrogen) atoms. The van der Waals surface area contributed by atoms with Crippen LogP contribution in [0.25, 0.3) is 5.65 Å². The number of carbonyl (C=O) groups is 1. The summed E-state index contributed by atoms with van der Waals surface area (Å²) in [6.07, 6.45) is -0.284. The van der Waals surface area contributed by atoms with Gasteiger partial charge in [0.2, 0.25) is 5.65 Å². The first-order valence-corrected chi connectivity index (χ1v) is 4.34. The molecule has 8 heteroatoms. The summed E-state index contributed by atoms with van der Waals surface area (Å²) in [6, 6.07) is 1.43. The Labute approximate surface area is 88.5 Å². The van der Waals surface area contributed by atoms with Crippen LogP contribution in [0.15, 0.2) is 6.07 Å². The minimum atomic E-state index is -1.02. The lowest BCUT2D eigenvalue weighted by atomic mass is 10.4. The average Bonchev–Trinajstić information content (AvgIpc) is 2.48. The Kier molecular flexibility index (Phi) is 2.16. The molecule has 0 amide bonds. The quantitative estimate of drug-likeness (QED) is 0.747. The van der Waals surface area contributed by atoms with Crippen LogP contribution in [0.3, 0.4) is 0 Å². The van der Waals surface area contributed by atoms with E-state index in [1.807, 2.05) is 0 Å². The number of anilines is 1. The Bertz CT molecular complexity index is 537. The van der Waals surface area contributed by atoms with Crippen LogP contribution in [0.1, 0.15) is 5.82 Å². The van der Waals surface area contributed by atoms with E-state index in [1.54, 1.807) is 0 Å². The van der Waals surface area contributed by atoms with Gasteiger partial charge in [0, 0.05) is 6.07 Å². The first-order chi connectivity index (χ1) is 7.08. The molecule has 2 heterocycles. The molecule has 0 aliphatic rings. The van der Waals surface area contributed by atoms with Crippen LogP contribution in [-0.4, -0.2) is 30.9 Å². The van der Waals surface area contributed by atoms with Gasteiger partial charge in [-0.15, -0.1) is 10.2 Å². The number of rotatable bonds is 2. The van der Waals surface area contributed by atoms with E-state index >= 15 is 0 Å². The van der Waals surface area contributed by atoms with E-state index in [0.717, 1.165) is 0 Å². The van der Waals surface area contributed by atoms with Crippen molar-refractivity contribution in [3.05, 3.63) is 17.0 Å². The Morgan fingerprint density at radius 2 is 2.33 bits per heavy atom. The van der Waals surface area contributed by atoms with Gasteiger partial charge in [-0.1, -0.05) is 11.6 Å². The van der Waals surface area contributed by atoms with Gasteiger partial charge < -0.3 is 10.8 Å². The van der Waals surface area contributed by atoms with Crippen LogP contribution in [-0.2, 0) is 11.2 Å². The third-order valence-corrected chi connectivity index (χ3v) is 1.93. The molecule has 7 nitrogen and oxygen atoms in total. The molecule has 0 aliphatic heterocycles. The molecule has 0 aliphatic carbocycles. The van der Waals surface area contributed by atoms with E-state index in [0.29, 0.717) is 11.3 Å². The molecule has 3 N–H and O–H groups in total. The van der Waals surface area contributed by atoms with E-state index in [9.17, 15) is 4.79 Å². The molecule has 2 aromatic rings. The van der Waals surface area contributed by atoms with Gasteiger partial charge in [0.05, 0.1) is 5.69 Å². The number of fused-ring (bicyclic) bond motifs is 1. The van der Waals surface area contributed by atoms with Crippen molar-refractivity contribution in [3.8, 4) is 0 Å². The maximum Gasteiger partial charge on any atom is 0.311 e. The third-order valence-electron chi connectivity index (χ3n) is 1.74. The molecule has 0 atom stereocenters. The second kappa shape index (κ2) is 3.35. The van der Waals surface area contributed by atoms with Crippen LogP contribution in [0.5, 0.6) is 0 Å². The van der Waals surface area contributed by atoms with Gasteiger partial charge in [0.15, 0.2) is 11.0 Å². The lowest BCUT2D eigenvalue weighted by Gasteiger charge is -1.98. The van der Waals surface area contributed by atoms with Crippen molar-refractivity contribution in [2.45, 2.75) is 6.42 Å². The van der Waals surface area contributed by atoms with Gasteiger partial charge in [-0.3, -0.25) is 4.79 Å². The van der Waals surface area contributed by atoms with E-state index in [1.165, 1.54) is 10.6 Å². The Balaban J connectivity index is 2.63. The van der Waals surface area contributed by atoms with Crippen LogP contribution in [0.4, 0.5) is 5.69 Å². The molecule has 0 bridgehead atoms. The summed E-state index contributed by atoms with van der Waals surface area (Å²) in [5.41, 5.74) is 6.21. The standard InChI is InChI=1S/C7H6ClN5O2/c8-4-1-3(9)7-11-10-5(2-6(14)15)13(7)12-4/h1H,2,9H2,(H,14,15). The van der Waals surface area contributed by atoms with Gasteiger partial charge in [-0.25, -0.2) is 0 Å². The highest BCUT2D eigenvalue weighted by Crippen LogP contribution is 2.15. The zero-order valence-corrected chi connectivity index (χ0v) is 8.14. The predicted octanol–water partition coefficient (Wildman–Crippen LogP) is -0.0130. The fourth-order valence-corrected chi connectivity index (χ4v) is 1.35. The number of aromatic nitrogens is 4. The van der Waals surface area contributed by atoms with Crippen molar-refractivity contribution in [3.63, 3.8) is 0 Å². The zero-order valence-electron chi connectivity index (χ0n) is 7.38. The number of nitrogens with two attached hydrogens (primary N) is 1. The summed E-state index contributed by atoms with van der Waals surface area (Å²) in [5.74, 6) is -0.837. The summed E-state index contributed by atoms with van der Waals surface area (Å²) in [7, 11) is 0. The van der Waals surface area contributed by atoms with Crippen molar-refractivity contribution in [2.24, 2.45) is 0 Å². The van der Waals surface area contributed by atoms with Crippen molar-refractivity contribution in [1.29, 1.82) is 0 Å². The Morgan fingerprint density at radius 3 is 3.00 bits per heavy atom. The van der Waals surface area contributed by atoms with Gasteiger partial charge in [-0.05, 0) is 0 Å². The molecule has 2 rings (SSSR count). The third kappa shape index (κ3) is 1.68. The zero-order chi connectivity index (χ0) is 11.0. The van der Waals surface area contributed by atoms with Crippen LogP contribution >= 0.6 is 11.6 Å². The van der Waals surface area contributed by atoms with Gasteiger partial charge in [-0.2, -0.15) is 9.61 Å². The molecular weight excluding hydrogens is 222 g/mol. The maximum absolute atomic E-state index is 10.5. The number of halogens is 1. The fraction of sp³-hybridized carbons (Fsp3) is 0.143. The molecular formula is C7H6ClN5O2. The average molecular weight is 228 g/mol. The fourth-order valence-electron chi connectivity index (χ4n) is 1.16. The summed E-state index contributed by atoms with van der Waals surface area (Å²) in [5, 5.41) is 20.0. The van der Waals surface area contributed by atoms with Crippen molar-refractivity contribution in [1.82, 2.24) is 19.8 Å². The van der Waals surface area contributed by atoms with E-state index in [-0.39, 0.29) is 17.4 Å². The first-order valence-electron chi connectivity index (χ1n) is 3.96. The number of nitrogen functional groups attached to an aromatic ring is 1. The minimum Gasteiger partial charge on any atom is -0.481 e. The summed E-state index contributed by atoms with van der Waals surface area (Å²) >= 11 is 5.67. The van der Waals surface area contributed by atoms with Gasteiger partial charge in [0.1, 0.15) is 6.42 Å². The molecule has 0 saturated heterocycles. The van der Waals surface area contributed by atoms with Gasteiger partial charge in [0.25, 0.3) is 0 Å². The monoisotopic (exact) mass is 227 g/mol.